The third-order valence-corrected chi connectivity index (χ3v) is 8.42. The number of hydrogen-bond acceptors (Lipinski definition) is 10. The summed E-state index contributed by atoms with van der Waals surface area (Å²) in [5.41, 5.74) is 5.93. The number of nitrogens with zero attached hydrogens (tertiary/aromatic N) is 6. The molecular weight excluding hydrogens is 548 g/mol. The fourth-order valence-electron chi connectivity index (χ4n) is 5.07. The molecule has 0 unspecified atom stereocenters. The van der Waals surface area contributed by atoms with Gasteiger partial charge in [-0.05, 0) is 38.5 Å². The number of aliphatic imine (C=N–C) groups is 1. The fourth-order valence-corrected chi connectivity index (χ4v) is 6.41. The zero-order valence-corrected chi connectivity index (χ0v) is 22.0. The Hall–Kier alpha value is -4.07. The summed E-state index contributed by atoms with van der Waals surface area (Å²) in [5.74, 6) is -2.12. The molecule has 1 aromatic carbocycles. The molecule has 14 heteroatoms. The van der Waals surface area contributed by atoms with Crippen molar-refractivity contribution >= 4 is 39.5 Å². The van der Waals surface area contributed by atoms with E-state index in [9.17, 15) is 13.2 Å². The summed E-state index contributed by atoms with van der Waals surface area (Å²) in [5, 5.41) is 2.86. The summed E-state index contributed by atoms with van der Waals surface area (Å²) < 4.78 is 62.0. The molecular formula is C26H22F4N8OS. The standard InChI is InChI=1S/C26H22F4N8OS/c1-12-3-5-32-18(35-12)11-39-19-10-34-21-16(37-19)4-6-33-22(21)36-13-7-14(20(28)15(27)8-13)25(2)17-9-26(17,23(29)30)40-24(31)38-25/h3-8,10,17,23H,9,11H2,1-2H3,(H2,31,38)(H,33,36)/t17-,25+,26-/m0/s1. The third-order valence-electron chi connectivity index (χ3n) is 7.11. The number of rotatable bonds is 7. The first kappa shape index (κ1) is 26.2. The second-order valence-electron chi connectivity index (χ2n) is 9.80. The van der Waals surface area contributed by atoms with E-state index in [4.69, 9.17) is 10.5 Å². The van der Waals surface area contributed by atoms with Crippen LogP contribution in [0.25, 0.3) is 11.0 Å². The molecule has 1 aliphatic carbocycles. The molecule has 206 valence electrons. The van der Waals surface area contributed by atoms with E-state index in [1.807, 2.05) is 6.92 Å². The van der Waals surface area contributed by atoms with E-state index < -0.39 is 34.3 Å². The summed E-state index contributed by atoms with van der Waals surface area (Å²) in [7, 11) is 0. The predicted octanol–water partition coefficient (Wildman–Crippen LogP) is 5.02. The number of alkyl halides is 2. The molecule has 0 bridgehead atoms. The van der Waals surface area contributed by atoms with Crippen molar-refractivity contribution in [3.8, 4) is 5.88 Å². The van der Waals surface area contributed by atoms with Gasteiger partial charge in [0.1, 0.15) is 12.1 Å². The molecule has 1 aliphatic heterocycles. The maximum absolute atomic E-state index is 15.1. The number of anilines is 2. The molecule has 6 rings (SSSR count). The number of nitrogens with two attached hydrogens (primary N) is 1. The first-order valence-corrected chi connectivity index (χ1v) is 13.0. The highest BCUT2D eigenvalue weighted by atomic mass is 32.2. The number of nitrogens with one attached hydrogen (secondary N) is 1. The molecule has 40 heavy (non-hydrogen) atoms. The summed E-state index contributed by atoms with van der Waals surface area (Å²) in [6.45, 7) is 3.44. The van der Waals surface area contributed by atoms with Crippen LogP contribution >= 0.6 is 11.8 Å². The van der Waals surface area contributed by atoms with Gasteiger partial charge >= 0.3 is 0 Å². The van der Waals surface area contributed by atoms with Crippen molar-refractivity contribution in [2.75, 3.05) is 5.32 Å². The van der Waals surface area contributed by atoms with Gasteiger partial charge in [0, 0.05) is 41.3 Å². The van der Waals surface area contributed by atoms with Crippen molar-refractivity contribution in [2.24, 2.45) is 16.6 Å². The van der Waals surface area contributed by atoms with Crippen LogP contribution in [0.15, 0.2) is 47.8 Å². The van der Waals surface area contributed by atoms with Gasteiger partial charge in [-0.2, -0.15) is 0 Å². The van der Waals surface area contributed by atoms with E-state index in [0.29, 0.717) is 16.9 Å². The lowest BCUT2D eigenvalue weighted by Crippen LogP contribution is -2.39. The van der Waals surface area contributed by atoms with Gasteiger partial charge in [0.15, 0.2) is 28.4 Å². The summed E-state index contributed by atoms with van der Waals surface area (Å²) >= 11 is 0.793. The molecule has 3 N–H and O–H groups in total. The second-order valence-corrected chi connectivity index (χ2v) is 11.2. The second kappa shape index (κ2) is 9.54. The molecule has 0 amide bonds. The van der Waals surface area contributed by atoms with Crippen molar-refractivity contribution in [3.63, 3.8) is 0 Å². The smallest absolute Gasteiger partial charge is 0.253 e. The molecule has 0 radical (unpaired) electrons. The number of fused-ring (bicyclic) bond motifs is 2. The van der Waals surface area contributed by atoms with Crippen LogP contribution in [0.5, 0.6) is 5.88 Å². The van der Waals surface area contributed by atoms with Crippen LogP contribution in [0.4, 0.5) is 29.1 Å². The van der Waals surface area contributed by atoms with E-state index in [0.717, 1.165) is 23.5 Å². The molecule has 3 aromatic heterocycles. The lowest BCUT2D eigenvalue weighted by atomic mass is 9.85. The highest BCUT2D eigenvalue weighted by Gasteiger charge is 2.71. The Morgan fingerprint density at radius 1 is 1.15 bits per heavy atom. The van der Waals surface area contributed by atoms with Crippen molar-refractivity contribution in [3.05, 3.63) is 71.6 Å². The van der Waals surface area contributed by atoms with Gasteiger partial charge in [-0.3, -0.25) is 4.99 Å². The number of aromatic nitrogens is 5. The lowest BCUT2D eigenvalue weighted by Gasteiger charge is -2.34. The van der Waals surface area contributed by atoms with Crippen molar-refractivity contribution in [2.45, 2.75) is 43.6 Å². The largest absolute Gasteiger partial charge is 0.468 e. The van der Waals surface area contributed by atoms with E-state index in [1.54, 1.807) is 18.3 Å². The highest BCUT2D eigenvalue weighted by molar-refractivity contribution is 8.15. The van der Waals surface area contributed by atoms with Crippen LogP contribution in [0.2, 0.25) is 0 Å². The van der Waals surface area contributed by atoms with E-state index >= 15 is 4.39 Å². The van der Waals surface area contributed by atoms with Crippen LogP contribution in [-0.4, -0.2) is 41.3 Å². The van der Waals surface area contributed by atoms with Crippen LogP contribution in [0, 0.1) is 24.5 Å². The Bertz CT molecular complexity index is 1670. The Morgan fingerprint density at radius 2 is 1.95 bits per heavy atom. The Balaban J connectivity index is 1.30. The van der Waals surface area contributed by atoms with Gasteiger partial charge in [0.25, 0.3) is 6.43 Å². The van der Waals surface area contributed by atoms with Gasteiger partial charge < -0.3 is 15.8 Å². The Morgan fingerprint density at radius 3 is 2.73 bits per heavy atom. The average molecular weight is 571 g/mol. The molecule has 0 spiro atoms. The summed E-state index contributed by atoms with van der Waals surface area (Å²) in [6, 6.07) is 5.69. The predicted molar refractivity (Wildman–Crippen MR) is 141 cm³/mol. The number of benzene rings is 1. The SMILES string of the molecule is Cc1ccnc(COc2cnc3c(Nc4cc(F)c(F)c([C@@]5(C)N=C(N)S[C@@]6(C(F)F)C[C@@H]56)c4)nccc3n2)n1. The normalized spacial score (nSPS) is 23.6. The first-order valence-electron chi connectivity index (χ1n) is 12.2. The monoisotopic (exact) mass is 570 g/mol. The van der Waals surface area contributed by atoms with Gasteiger partial charge in [0.2, 0.25) is 5.88 Å². The highest BCUT2D eigenvalue weighted by Crippen LogP contribution is 2.68. The number of hydrogen-bond donors (Lipinski definition) is 2. The minimum Gasteiger partial charge on any atom is -0.468 e. The number of halogens is 4. The van der Waals surface area contributed by atoms with E-state index in [-0.39, 0.29) is 41.1 Å². The third kappa shape index (κ3) is 4.45. The van der Waals surface area contributed by atoms with Gasteiger partial charge in [-0.15, -0.1) is 0 Å². The van der Waals surface area contributed by atoms with Crippen molar-refractivity contribution < 1.29 is 22.3 Å². The van der Waals surface area contributed by atoms with Crippen LogP contribution in [0.3, 0.4) is 0 Å². The van der Waals surface area contributed by atoms with Crippen LogP contribution in [-0.2, 0) is 12.1 Å². The Kier molecular flexibility index (Phi) is 6.24. The van der Waals surface area contributed by atoms with Gasteiger partial charge in [-0.25, -0.2) is 42.5 Å². The molecule has 4 aromatic rings. The minimum atomic E-state index is -2.69. The summed E-state index contributed by atoms with van der Waals surface area (Å²) in [6.07, 6.45) is 1.89. The van der Waals surface area contributed by atoms with Crippen molar-refractivity contribution in [1.29, 1.82) is 0 Å². The topological polar surface area (TPSA) is 124 Å². The molecule has 1 saturated carbocycles. The molecule has 2 aliphatic rings. The maximum Gasteiger partial charge on any atom is 0.253 e. The van der Waals surface area contributed by atoms with Gasteiger partial charge in [0.05, 0.1) is 22.0 Å². The van der Waals surface area contributed by atoms with Crippen LogP contribution < -0.4 is 15.8 Å². The lowest BCUT2D eigenvalue weighted by molar-refractivity contribution is 0.123. The maximum atomic E-state index is 15.1. The fraction of sp³-hybridized carbons (Fsp3) is 0.308. The number of pyridine rings is 1. The molecule has 0 saturated heterocycles. The van der Waals surface area contributed by atoms with Gasteiger partial charge in [-0.1, -0.05) is 11.8 Å². The quantitative estimate of drug-likeness (QED) is 0.295. The first-order chi connectivity index (χ1) is 19.1. The minimum absolute atomic E-state index is 0.0790. The number of aryl methyl sites for hydroxylation is 1. The van der Waals surface area contributed by atoms with Crippen LogP contribution in [0.1, 0.15) is 30.4 Å². The summed E-state index contributed by atoms with van der Waals surface area (Å²) in [4.78, 5) is 25.8. The average Bonchev–Trinajstić information content (AvgIpc) is 3.66. The molecule has 1 fully saturated rings. The number of thioether (sulfide) groups is 1. The number of ether oxygens (including phenoxy) is 1. The molecule has 9 nitrogen and oxygen atoms in total. The zero-order chi connectivity index (χ0) is 28.2. The van der Waals surface area contributed by atoms with Crippen molar-refractivity contribution in [1.82, 2.24) is 24.9 Å². The Labute approximate surface area is 229 Å². The number of amidine groups is 1. The van der Waals surface area contributed by atoms with E-state index in [2.05, 4.69) is 35.2 Å². The molecule has 3 atom stereocenters. The zero-order valence-electron chi connectivity index (χ0n) is 21.2. The molecule has 4 heterocycles. The van der Waals surface area contributed by atoms with E-state index in [1.165, 1.54) is 25.4 Å².